The quantitative estimate of drug-likeness (QED) is 0.514. The number of aliphatic imine (C=N–C) groups is 1. The van der Waals surface area contributed by atoms with Gasteiger partial charge >= 0.3 is 0 Å². The predicted octanol–water partition coefficient (Wildman–Crippen LogP) is 2.53. The molecule has 6 nitrogen and oxygen atoms in total. The van der Waals surface area contributed by atoms with E-state index >= 15 is 0 Å². The van der Waals surface area contributed by atoms with Crippen LogP contribution in [0.25, 0.3) is 0 Å². The molecule has 26 heavy (non-hydrogen) atoms. The highest BCUT2D eigenvalue weighted by molar-refractivity contribution is 7.91. The number of hydrogen-bond donors (Lipinski definition) is 2. The van der Waals surface area contributed by atoms with E-state index in [-0.39, 0.29) is 6.04 Å². The summed E-state index contributed by atoms with van der Waals surface area (Å²) in [7, 11) is -0.105. The summed E-state index contributed by atoms with van der Waals surface area (Å²) in [5, 5.41) is 8.29. The maximum Gasteiger partial charge on any atom is 0.252 e. The first kappa shape index (κ1) is 20.9. The van der Waals surface area contributed by atoms with Crippen LogP contribution < -0.4 is 10.6 Å². The van der Waals surface area contributed by atoms with Crippen LogP contribution in [0.2, 0.25) is 0 Å². The van der Waals surface area contributed by atoms with Gasteiger partial charge in [0.05, 0.1) is 0 Å². The largest absolute Gasteiger partial charge is 0.355 e. The number of sulfonamides is 1. The van der Waals surface area contributed by atoms with E-state index in [4.69, 9.17) is 0 Å². The van der Waals surface area contributed by atoms with Crippen LogP contribution in [-0.2, 0) is 16.4 Å². The van der Waals surface area contributed by atoms with Gasteiger partial charge in [0.2, 0.25) is 0 Å². The second-order valence-electron chi connectivity index (χ2n) is 6.02. The van der Waals surface area contributed by atoms with Gasteiger partial charge in [-0.1, -0.05) is 6.07 Å². The van der Waals surface area contributed by atoms with Gasteiger partial charge in [-0.15, -0.1) is 22.7 Å². The Morgan fingerprint density at radius 2 is 2.12 bits per heavy atom. The SMILES string of the molecule is CN=C(NCCN(C)S(=O)(=O)c1cccs1)NC(C)Cc1ccc(C)s1. The van der Waals surface area contributed by atoms with Crippen molar-refractivity contribution in [2.45, 2.75) is 30.5 Å². The molecule has 0 saturated heterocycles. The van der Waals surface area contributed by atoms with Gasteiger partial charge in [-0.2, -0.15) is 4.31 Å². The summed E-state index contributed by atoms with van der Waals surface area (Å²) >= 11 is 3.03. The molecule has 0 amide bonds. The van der Waals surface area contributed by atoms with E-state index in [1.807, 2.05) is 0 Å². The molecule has 0 aromatic carbocycles. The van der Waals surface area contributed by atoms with Crippen LogP contribution in [0.15, 0.2) is 38.8 Å². The van der Waals surface area contributed by atoms with Crippen molar-refractivity contribution in [1.29, 1.82) is 0 Å². The average molecular weight is 415 g/mol. The third kappa shape index (κ3) is 5.80. The summed E-state index contributed by atoms with van der Waals surface area (Å²) in [5.74, 6) is 0.674. The highest BCUT2D eigenvalue weighted by Gasteiger charge is 2.21. The third-order valence-electron chi connectivity index (χ3n) is 3.79. The lowest BCUT2D eigenvalue weighted by Gasteiger charge is -2.20. The lowest BCUT2D eigenvalue weighted by molar-refractivity contribution is 0.471. The van der Waals surface area contributed by atoms with Crippen molar-refractivity contribution in [1.82, 2.24) is 14.9 Å². The molecular weight excluding hydrogens is 388 g/mol. The van der Waals surface area contributed by atoms with E-state index < -0.39 is 10.0 Å². The molecule has 2 aromatic heterocycles. The summed E-state index contributed by atoms with van der Waals surface area (Å²) in [4.78, 5) is 6.86. The number of nitrogens with zero attached hydrogens (tertiary/aromatic N) is 2. The monoisotopic (exact) mass is 414 g/mol. The lowest BCUT2D eigenvalue weighted by Crippen LogP contribution is -2.45. The van der Waals surface area contributed by atoms with E-state index in [0.717, 1.165) is 6.42 Å². The summed E-state index contributed by atoms with van der Waals surface area (Å²) in [6.45, 7) is 5.05. The summed E-state index contributed by atoms with van der Waals surface area (Å²) in [5.41, 5.74) is 0. The topological polar surface area (TPSA) is 73.8 Å². The van der Waals surface area contributed by atoms with E-state index in [0.29, 0.717) is 23.3 Å². The smallest absolute Gasteiger partial charge is 0.252 e. The first-order valence-electron chi connectivity index (χ1n) is 8.35. The number of likely N-dealkylation sites (N-methyl/N-ethyl adjacent to an activating group) is 1. The molecule has 2 aromatic rings. The minimum absolute atomic E-state index is 0.229. The molecule has 1 unspecified atom stereocenters. The van der Waals surface area contributed by atoms with Gasteiger partial charge in [0.15, 0.2) is 5.96 Å². The molecule has 1 atom stereocenters. The molecule has 9 heteroatoms. The lowest BCUT2D eigenvalue weighted by atomic mass is 10.2. The maximum absolute atomic E-state index is 12.4. The van der Waals surface area contributed by atoms with Gasteiger partial charge in [-0.25, -0.2) is 8.42 Å². The molecule has 0 fully saturated rings. The number of aryl methyl sites for hydroxylation is 1. The Kier molecular flexibility index (Phi) is 7.63. The normalized spacial score (nSPS) is 13.8. The molecule has 0 aliphatic carbocycles. The zero-order valence-corrected chi connectivity index (χ0v) is 18.0. The van der Waals surface area contributed by atoms with Crippen molar-refractivity contribution < 1.29 is 8.42 Å². The zero-order chi connectivity index (χ0) is 19.2. The van der Waals surface area contributed by atoms with Crippen molar-refractivity contribution >= 4 is 38.7 Å². The molecule has 0 radical (unpaired) electrons. The van der Waals surface area contributed by atoms with Gasteiger partial charge in [0, 0.05) is 49.4 Å². The highest BCUT2D eigenvalue weighted by Crippen LogP contribution is 2.19. The zero-order valence-electron chi connectivity index (χ0n) is 15.5. The van der Waals surface area contributed by atoms with Gasteiger partial charge in [-0.05, 0) is 37.4 Å². The average Bonchev–Trinajstić information content (AvgIpc) is 3.25. The van der Waals surface area contributed by atoms with Gasteiger partial charge in [0.1, 0.15) is 4.21 Å². The number of rotatable bonds is 8. The fourth-order valence-electron chi connectivity index (χ4n) is 2.39. The molecule has 0 spiro atoms. The van der Waals surface area contributed by atoms with Crippen molar-refractivity contribution in [3.05, 3.63) is 39.4 Å². The highest BCUT2D eigenvalue weighted by atomic mass is 32.2. The molecule has 144 valence electrons. The predicted molar refractivity (Wildman–Crippen MR) is 111 cm³/mol. The van der Waals surface area contributed by atoms with Crippen LogP contribution >= 0.6 is 22.7 Å². The van der Waals surface area contributed by atoms with Crippen LogP contribution in [0.1, 0.15) is 16.7 Å². The Morgan fingerprint density at radius 1 is 1.35 bits per heavy atom. The maximum atomic E-state index is 12.4. The van der Waals surface area contributed by atoms with Crippen molar-refractivity contribution in [2.75, 3.05) is 27.2 Å². The third-order valence-corrected chi connectivity index (χ3v) is 8.04. The molecule has 2 rings (SSSR count). The molecule has 0 saturated carbocycles. The van der Waals surface area contributed by atoms with Crippen LogP contribution in [0.5, 0.6) is 0 Å². The number of nitrogens with one attached hydrogen (secondary N) is 2. The molecular formula is C17H26N4O2S3. The standard InChI is InChI=1S/C17H26N4O2S3/c1-13(12-15-8-7-14(2)25-15)20-17(18-3)19-9-10-21(4)26(22,23)16-6-5-11-24-16/h5-8,11,13H,9-10,12H2,1-4H3,(H2,18,19,20). The van der Waals surface area contributed by atoms with E-state index in [2.05, 4.69) is 41.6 Å². The van der Waals surface area contributed by atoms with Crippen LogP contribution in [0.4, 0.5) is 0 Å². The Morgan fingerprint density at radius 3 is 2.69 bits per heavy atom. The van der Waals surface area contributed by atoms with Gasteiger partial charge in [-0.3, -0.25) is 4.99 Å². The number of guanidine groups is 1. The Labute approximate surface area is 164 Å². The molecule has 0 aliphatic heterocycles. The first-order chi connectivity index (χ1) is 12.3. The number of thiophene rings is 2. The summed E-state index contributed by atoms with van der Waals surface area (Å²) < 4.78 is 26.5. The molecule has 0 bridgehead atoms. The van der Waals surface area contributed by atoms with Crippen molar-refractivity contribution in [3.8, 4) is 0 Å². The Balaban J connectivity index is 1.79. The summed E-state index contributed by atoms with van der Waals surface area (Å²) in [6, 6.07) is 7.87. The van der Waals surface area contributed by atoms with Gasteiger partial charge < -0.3 is 10.6 Å². The number of hydrogen-bond acceptors (Lipinski definition) is 5. The fourth-order valence-corrected chi connectivity index (χ4v) is 5.78. The van der Waals surface area contributed by atoms with Gasteiger partial charge in [0.25, 0.3) is 10.0 Å². The second-order valence-corrected chi connectivity index (χ2v) is 10.6. The van der Waals surface area contributed by atoms with E-state index in [9.17, 15) is 8.42 Å². The molecule has 0 aliphatic rings. The van der Waals surface area contributed by atoms with Crippen molar-refractivity contribution in [2.24, 2.45) is 4.99 Å². The van der Waals surface area contributed by atoms with Crippen LogP contribution in [0.3, 0.4) is 0 Å². The Bertz CT molecular complexity index is 813. The fraction of sp³-hybridized carbons (Fsp3) is 0.471. The van der Waals surface area contributed by atoms with Crippen LogP contribution in [0, 0.1) is 6.92 Å². The van der Waals surface area contributed by atoms with Crippen molar-refractivity contribution in [3.63, 3.8) is 0 Å². The second kappa shape index (κ2) is 9.50. The molecule has 2 N–H and O–H groups in total. The first-order valence-corrected chi connectivity index (χ1v) is 11.5. The summed E-state index contributed by atoms with van der Waals surface area (Å²) in [6.07, 6.45) is 0.922. The Hall–Kier alpha value is -1.42. The van der Waals surface area contributed by atoms with E-state index in [1.54, 1.807) is 42.9 Å². The molecule has 2 heterocycles. The van der Waals surface area contributed by atoms with Crippen LogP contribution in [-0.4, -0.2) is 51.9 Å². The minimum Gasteiger partial charge on any atom is -0.355 e. The minimum atomic E-state index is -3.41. The van der Waals surface area contributed by atoms with E-state index in [1.165, 1.54) is 25.4 Å².